The third kappa shape index (κ3) is 7.46. The number of carbonyl (C=O) groups excluding carboxylic acids is 4. The number of aliphatic carboxylic acids is 1. The minimum Gasteiger partial charge on any atom is -0.480 e. The van der Waals surface area contributed by atoms with Crippen molar-refractivity contribution >= 4 is 42.2 Å². The number of rotatable bonds is 11. The van der Waals surface area contributed by atoms with Crippen LogP contribution in [0.3, 0.4) is 0 Å². The second-order valence-corrected chi connectivity index (χ2v) is 8.16. The Hall–Kier alpha value is -3.12. The largest absolute Gasteiger partial charge is 0.480 e. The number of nitrogens with two attached hydrogens (primary N) is 2. The molecule has 4 amide bonds. The van der Waals surface area contributed by atoms with Crippen LogP contribution in [0.4, 0.5) is 0 Å². The molecule has 0 saturated carbocycles. The summed E-state index contributed by atoms with van der Waals surface area (Å²) in [5.74, 6) is -3.88. The van der Waals surface area contributed by atoms with Gasteiger partial charge >= 0.3 is 5.97 Å². The van der Waals surface area contributed by atoms with Gasteiger partial charge in [-0.2, -0.15) is 12.6 Å². The van der Waals surface area contributed by atoms with Gasteiger partial charge in [-0.15, -0.1) is 0 Å². The number of nitrogens with zero attached hydrogens (tertiary/aromatic N) is 1. The highest BCUT2D eigenvalue weighted by molar-refractivity contribution is 7.80. The summed E-state index contributed by atoms with van der Waals surface area (Å²) in [6.07, 6.45) is 0.597. The van der Waals surface area contributed by atoms with E-state index in [-0.39, 0.29) is 25.1 Å². The molecule has 1 aliphatic heterocycles. The Balaban J connectivity index is 2.05. The zero-order chi connectivity index (χ0) is 24.5. The van der Waals surface area contributed by atoms with Crippen LogP contribution in [-0.2, 0) is 30.4 Å². The van der Waals surface area contributed by atoms with Crippen molar-refractivity contribution in [2.24, 2.45) is 11.5 Å². The number of hydrogen-bond donors (Lipinski definition) is 6. The molecule has 1 fully saturated rings. The highest BCUT2D eigenvalue weighted by Gasteiger charge is 2.38. The summed E-state index contributed by atoms with van der Waals surface area (Å²) in [5.41, 5.74) is 11.4. The number of likely N-dealkylation sites (tertiary alicyclic amines) is 1. The van der Waals surface area contributed by atoms with E-state index in [1.807, 2.05) is 0 Å². The van der Waals surface area contributed by atoms with Gasteiger partial charge in [0.15, 0.2) is 0 Å². The number of nitrogens with one attached hydrogen (secondary N) is 2. The maximum Gasteiger partial charge on any atom is 0.326 e. The molecule has 1 aromatic carbocycles. The van der Waals surface area contributed by atoms with Crippen LogP contribution in [0.2, 0.25) is 0 Å². The van der Waals surface area contributed by atoms with E-state index < -0.39 is 53.8 Å². The van der Waals surface area contributed by atoms with Gasteiger partial charge in [0.05, 0.1) is 12.5 Å². The van der Waals surface area contributed by atoms with E-state index in [1.54, 1.807) is 30.3 Å². The standard InChI is InChI=1S/C21H29N5O6S/c22-13(10-17(23)27)18(28)25-15(11-33)20(30)26-8-4-7-16(26)19(29)24-14(21(31)32)9-12-5-2-1-3-6-12/h1-3,5-6,13-16,33H,4,7-11,22H2,(H2,23,27)(H,24,29)(H,25,28)(H,31,32). The summed E-state index contributed by atoms with van der Waals surface area (Å²) >= 11 is 4.11. The predicted molar refractivity (Wildman–Crippen MR) is 122 cm³/mol. The number of primary amides is 1. The third-order valence-corrected chi connectivity index (χ3v) is 5.66. The Morgan fingerprint density at radius 2 is 1.79 bits per heavy atom. The summed E-state index contributed by atoms with van der Waals surface area (Å²) in [6, 6.07) is 4.53. The molecule has 1 saturated heterocycles. The Labute approximate surface area is 196 Å². The fourth-order valence-electron chi connectivity index (χ4n) is 3.59. The lowest BCUT2D eigenvalue weighted by molar-refractivity contribution is -0.144. The summed E-state index contributed by atoms with van der Waals surface area (Å²) in [7, 11) is 0. The maximum absolute atomic E-state index is 13.0. The van der Waals surface area contributed by atoms with Gasteiger partial charge in [0, 0.05) is 18.7 Å². The fraction of sp³-hybridized carbons (Fsp3) is 0.476. The van der Waals surface area contributed by atoms with Crippen molar-refractivity contribution in [3.8, 4) is 0 Å². The zero-order valence-corrected chi connectivity index (χ0v) is 18.9. The van der Waals surface area contributed by atoms with Gasteiger partial charge in [-0.3, -0.25) is 19.2 Å². The summed E-state index contributed by atoms with van der Waals surface area (Å²) in [6.45, 7) is 0.265. The molecule has 0 aromatic heterocycles. The van der Waals surface area contributed by atoms with E-state index in [4.69, 9.17) is 11.5 Å². The number of thiol groups is 1. The summed E-state index contributed by atoms with van der Waals surface area (Å²) < 4.78 is 0. The molecule has 1 aliphatic rings. The first-order chi connectivity index (χ1) is 15.6. The van der Waals surface area contributed by atoms with Gasteiger partial charge in [0.1, 0.15) is 18.1 Å². The van der Waals surface area contributed by atoms with Crippen molar-refractivity contribution in [3.05, 3.63) is 35.9 Å². The molecule has 0 radical (unpaired) electrons. The van der Waals surface area contributed by atoms with Crippen molar-refractivity contribution in [1.82, 2.24) is 15.5 Å². The van der Waals surface area contributed by atoms with Gasteiger partial charge < -0.3 is 32.1 Å². The average molecular weight is 480 g/mol. The SMILES string of the molecule is NC(=O)CC(N)C(=O)NC(CS)C(=O)N1CCCC1C(=O)NC(Cc1ccccc1)C(=O)O. The number of hydrogen-bond acceptors (Lipinski definition) is 7. The molecule has 180 valence electrons. The molecule has 7 N–H and O–H groups in total. The van der Waals surface area contributed by atoms with Crippen LogP contribution in [-0.4, -0.2) is 76.1 Å². The molecule has 1 heterocycles. The Bertz CT molecular complexity index is 883. The van der Waals surface area contributed by atoms with E-state index in [0.29, 0.717) is 12.8 Å². The van der Waals surface area contributed by atoms with Crippen LogP contribution in [0.5, 0.6) is 0 Å². The molecule has 1 aromatic rings. The van der Waals surface area contributed by atoms with Gasteiger partial charge in [-0.1, -0.05) is 30.3 Å². The molecule has 4 unspecified atom stereocenters. The quantitative estimate of drug-likeness (QED) is 0.206. The molecule has 2 rings (SSSR count). The van der Waals surface area contributed by atoms with E-state index in [1.165, 1.54) is 4.90 Å². The number of carbonyl (C=O) groups is 5. The van der Waals surface area contributed by atoms with Crippen LogP contribution in [0, 0.1) is 0 Å². The predicted octanol–water partition coefficient (Wildman–Crippen LogP) is -1.59. The van der Waals surface area contributed by atoms with Crippen molar-refractivity contribution in [2.45, 2.75) is 49.9 Å². The van der Waals surface area contributed by atoms with Crippen molar-refractivity contribution < 1.29 is 29.1 Å². The van der Waals surface area contributed by atoms with Crippen LogP contribution in [0.15, 0.2) is 30.3 Å². The second-order valence-electron chi connectivity index (χ2n) is 7.80. The summed E-state index contributed by atoms with van der Waals surface area (Å²) in [5, 5.41) is 14.5. The molecule has 33 heavy (non-hydrogen) atoms. The second kappa shape index (κ2) is 12.2. The number of benzene rings is 1. The Morgan fingerprint density at radius 1 is 1.12 bits per heavy atom. The number of carboxylic acid groups (broad SMARTS) is 1. The highest BCUT2D eigenvalue weighted by atomic mass is 32.1. The highest BCUT2D eigenvalue weighted by Crippen LogP contribution is 2.19. The first kappa shape index (κ1) is 26.1. The van der Waals surface area contributed by atoms with Gasteiger partial charge in [-0.05, 0) is 18.4 Å². The van der Waals surface area contributed by atoms with Gasteiger partial charge in [0.2, 0.25) is 23.6 Å². The van der Waals surface area contributed by atoms with Crippen molar-refractivity contribution in [2.75, 3.05) is 12.3 Å². The molecule has 12 heteroatoms. The summed E-state index contributed by atoms with van der Waals surface area (Å²) in [4.78, 5) is 62.0. The molecular weight excluding hydrogens is 450 g/mol. The van der Waals surface area contributed by atoms with E-state index in [9.17, 15) is 29.1 Å². The minimum atomic E-state index is -1.22. The lowest BCUT2D eigenvalue weighted by Crippen LogP contribution is -2.57. The van der Waals surface area contributed by atoms with Crippen LogP contribution in [0.25, 0.3) is 0 Å². The molecule has 4 atom stereocenters. The average Bonchev–Trinajstić information content (AvgIpc) is 3.26. The number of carboxylic acids is 1. The third-order valence-electron chi connectivity index (χ3n) is 5.29. The number of amides is 4. The molecule has 0 spiro atoms. The lowest BCUT2D eigenvalue weighted by Gasteiger charge is -2.29. The van der Waals surface area contributed by atoms with E-state index in [2.05, 4.69) is 23.3 Å². The smallest absolute Gasteiger partial charge is 0.326 e. The monoisotopic (exact) mass is 479 g/mol. The fourth-order valence-corrected chi connectivity index (χ4v) is 3.84. The molecule has 11 nitrogen and oxygen atoms in total. The van der Waals surface area contributed by atoms with Gasteiger partial charge in [0.25, 0.3) is 0 Å². The Kier molecular flexibility index (Phi) is 9.67. The first-order valence-electron chi connectivity index (χ1n) is 10.5. The van der Waals surface area contributed by atoms with Crippen LogP contribution in [0.1, 0.15) is 24.8 Å². The zero-order valence-electron chi connectivity index (χ0n) is 18.0. The van der Waals surface area contributed by atoms with Crippen molar-refractivity contribution in [1.29, 1.82) is 0 Å². The topological polar surface area (TPSA) is 185 Å². The molecule has 0 bridgehead atoms. The van der Waals surface area contributed by atoms with Crippen molar-refractivity contribution in [3.63, 3.8) is 0 Å². The molecule has 0 aliphatic carbocycles. The van der Waals surface area contributed by atoms with Crippen LogP contribution >= 0.6 is 12.6 Å². The first-order valence-corrected chi connectivity index (χ1v) is 11.1. The molecular formula is C21H29N5O6S. The minimum absolute atomic E-state index is 0.0650. The maximum atomic E-state index is 13.0. The van der Waals surface area contributed by atoms with E-state index >= 15 is 0 Å². The Morgan fingerprint density at radius 3 is 2.36 bits per heavy atom. The van der Waals surface area contributed by atoms with Gasteiger partial charge in [-0.25, -0.2) is 4.79 Å². The lowest BCUT2D eigenvalue weighted by atomic mass is 10.1. The van der Waals surface area contributed by atoms with Crippen LogP contribution < -0.4 is 22.1 Å². The normalized spacial score (nSPS) is 18.1. The van der Waals surface area contributed by atoms with E-state index in [0.717, 1.165) is 5.56 Å².